The number of carbonyl (C=O) groups is 2. The van der Waals surface area contributed by atoms with Gasteiger partial charge in [-0.25, -0.2) is 9.18 Å². The molecule has 0 aliphatic heterocycles. The summed E-state index contributed by atoms with van der Waals surface area (Å²) in [6.07, 6.45) is 1.89. The number of carboxylic acid groups (broad SMARTS) is 1. The maximum atomic E-state index is 13.1. The van der Waals surface area contributed by atoms with Crippen LogP contribution in [0, 0.1) is 5.82 Å². The van der Waals surface area contributed by atoms with Gasteiger partial charge in [-0.3, -0.25) is 4.79 Å². The quantitative estimate of drug-likeness (QED) is 0.811. The minimum absolute atomic E-state index is 0.124. The number of ether oxygens (including phenoxy) is 1. The predicted molar refractivity (Wildman–Crippen MR) is 89.2 cm³/mol. The molecule has 0 bridgehead atoms. The third-order valence-corrected chi connectivity index (χ3v) is 4.36. The highest BCUT2D eigenvalue weighted by Crippen LogP contribution is 2.47. The van der Waals surface area contributed by atoms with Crippen LogP contribution in [0.3, 0.4) is 0 Å². The third-order valence-electron chi connectivity index (χ3n) is 4.36. The lowest BCUT2D eigenvalue weighted by Gasteiger charge is -2.17. The highest BCUT2D eigenvalue weighted by molar-refractivity contribution is 5.94. The molecule has 25 heavy (non-hydrogen) atoms. The lowest BCUT2D eigenvalue weighted by molar-refractivity contribution is -0.139. The average molecular weight is 343 g/mol. The van der Waals surface area contributed by atoms with E-state index in [2.05, 4.69) is 5.32 Å². The molecular formula is C19H18FNO4. The first kappa shape index (κ1) is 17.0. The molecule has 2 N–H and O–H groups in total. The molecule has 2 aromatic rings. The zero-order chi connectivity index (χ0) is 17.9. The Morgan fingerprint density at radius 2 is 1.88 bits per heavy atom. The Morgan fingerprint density at radius 1 is 1.16 bits per heavy atom. The molecule has 5 nitrogen and oxygen atoms in total. The van der Waals surface area contributed by atoms with E-state index < -0.39 is 12.6 Å². The largest absolute Gasteiger partial charge is 0.482 e. The van der Waals surface area contributed by atoms with Crippen molar-refractivity contribution in [2.45, 2.75) is 18.3 Å². The molecule has 2 aromatic carbocycles. The summed E-state index contributed by atoms with van der Waals surface area (Å²) in [5.41, 5.74) is 1.30. The number of benzene rings is 2. The highest BCUT2D eigenvalue weighted by atomic mass is 19.1. The second kappa shape index (κ2) is 6.93. The Labute approximate surface area is 144 Å². The molecule has 0 spiro atoms. The molecule has 0 unspecified atom stereocenters. The van der Waals surface area contributed by atoms with Crippen molar-refractivity contribution < 1.29 is 23.8 Å². The minimum Gasteiger partial charge on any atom is -0.482 e. The number of hydrogen-bond acceptors (Lipinski definition) is 3. The van der Waals surface area contributed by atoms with Crippen LogP contribution < -0.4 is 10.1 Å². The normalized spacial score (nSPS) is 14.6. The van der Waals surface area contributed by atoms with Crippen molar-refractivity contribution in [2.24, 2.45) is 0 Å². The van der Waals surface area contributed by atoms with Crippen molar-refractivity contribution in [3.05, 3.63) is 65.5 Å². The van der Waals surface area contributed by atoms with Gasteiger partial charge in [0, 0.05) is 17.5 Å². The number of nitrogens with one attached hydrogen (secondary N) is 1. The molecular weight excluding hydrogens is 325 g/mol. The highest BCUT2D eigenvalue weighted by Gasteiger charge is 2.44. The van der Waals surface area contributed by atoms with Crippen LogP contribution in [0.2, 0.25) is 0 Å². The van der Waals surface area contributed by atoms with Gasteiger partial charge in [0.1, 0.15) is 11.6 Å². The number of halogens is 1. The van der Waals surface area contributed by atoms with Gasteiger partial charge in [-0.1, -0.05) is 18.2 Å². The second-order valence-electron chi connectivity index (χ2n) is 6.18. The summed E-state index contributed by atoms with van der Waals surface area (Å²) in [6.45, 7) is 0.0103. The van der Waals surface area contributed by atoms with Crippen molar-refractivity contribution in [1.82, 2.24) is 5.32 Å². The maximum Gasteiger partial charge on any atom is 0.341 e. The van der Waals surface area contributed by atoms with Gasteiger partial charge in [0.2, 0.25) is 0 Å². The van der Waals surface area contributed by atoms with Crippen molar-refractivity contribution in [3.8, 4) is 5.75 Å². The van der Waals surface area contributed by atoms with Crippen LogP contribution in [0.4, 0.5) is 4.39 Å². The summed E-state index contributed by atoms with van der Waals surface area (Å²) < 4.78 is 18.1. The van der Waals surface area contributed by atoms with Crippen LogP contribution in [-0.4, -0.2) is 30.1 Å². The third kappa shape index (κ3) is 4.15. The fourth-order valence-electron chi connectivity index (χ4n) is 2.75. The average Bonchev–Trinajstić information content (AvgIpc) is 3.40. The van der Waals surface area contributed by atoms with Gasteiger partial charge < -0.3 is 15.2 Å². The zero-order valence-corrected chi connectivity index (χ0v) is 13.5. The lowest BCUT2D eigenvalue weighted by Crippen LogP contribution is -2.32. The Morgan fingerprint density at radius 3 is 2.52 bits per heavy atom. The first-order valence-electron chi connectivity index (χ1n) is 7.97. The molecule has 0 saturated heterocycles. The standard InChI is InChI=1S/C19H18FNO4/c20-15-6-4-14(5-7-15)19(8-9-19)12-21-18(24)13-2-1-3-16(10-13)25-11-17(22)23/h1-7,10H,8-9,11-12H2,(H,21,24)(H,22,23). The van der Waals surface area contributed by atoms with Crippen molar-refractivity contribution >= 4 is 11.9 Å². The Hall–Kier alpha value is -2.89. The van der Waals surface area contributed by atoms with E-state index in [1.54, 1.807) is 30.3 Å². The number of carboxylic acids is 1. The van der Waals surface area contributed by atoms with Crippen molar-refractivity contribution in [1.29, 1.82) is 0 Å². The monoisotopic (exact) mass is 343 g/mol. The number of hydrogen-bond donors (Lipinski definition) is 2. The van der Waals surface area contributed by atoms with Crippen LogP contribution in [0.25, 0.3) is 0 Å². The summed E-state index contributed by atoms with van der Waals surface area (Å²) in [7, 11) is 0. The van der Waals surface area contributed by atoms with Crippen LogP contribution >= 0.6 is 0 Å². The van der Waals surface area contributed by atoms with Crippen LogP contribution in [0.15, 0.2) is 48.5 Å². The molecule has 0 aromatic heterocycles. The van der Waals surface area contributed by atoms with E-state index in [1.807, 2.05) is 0 Å². The first-order valence-corrected chi connectivity index (χ1v) is 7.97. The van der Waals surface area contributed by atoms with E-state index >= 15 is 0 Å². The Bertz CT molecular complexity index is 784. The SMILES string of the molecule is O=C(O)COc1cccc(C(=O)NCC2(c3ccc(F)cc3)CC2)c1. The molecule has 1 fully saturated rings. The second-order valence-corrected chi connectivity index (χ2v) is 6.18. The van der Waals surface area contributed by atoms with Gasteiger partial charge in [-0.05, 0) is 48.7 Å². The first-order chi connectivity index (χ1) is 12.0. The molecule has 0 atom stereocenters. The van der Waals surface area contributed by atoms with Gasteiger partial charge in [0.15, 0.2) is 6.61 Å². The van der Waals surface area contributed by atoms with E-state index in [4.69, 9.17) is 9.84 Å². The summed E-state index contributed by atoms with van der Waals surface area (Å²) >= 11 is 0. The molecule has 0 heterocycles. The fraction of sp³-hybridized carbons (Fsp3) is 0.263. The van der Waals surface area contributed by atoms with Crippen LogP contribution in [-0.2, 0) is 10.2 Å². The Balaban J connectivity index is 1.62. The number of amides is 1. The summed E-state index contributed by atoms with van der Waals surface area (Å²) in [4.78, 5) is 22.9. The van der Waals surface area contributed by atoms with Gasteiger partial charge in [-0.15, -0.1) is 0 Å². The Kier molecular flexibility index (Phi) is 4.70. The minimum atomic E-state index is -1.08. The maximum absolute atomic E-state index is 13.1. The predicted octanol–water partition coefficient (Wildman–Crippen LogP) is 2.75. The van der Waals surface area contributed by atoms with Crippen LogP contribution in [0.1, 0.15) is 28.8 Å². The fourth-order valence-corrected chi connectivity index (χ4v) is 2.75. The van der Waals surface area contributed by atoms with E-state index in [-0.39, 0.29) is 17.1 Å². The van der Waals surface area contributed by atoms with Crippen molar-refractivity contribution in [3.63, 3.8) is 0 Å². The lowest BCUT2D eigenvalue weighted by atomic mass is 9.96. The van der Waals surface area contributed by atoms with Gasteiger partial charge >= 0.3 is 5.97 Å². The molecule has 1 aliphatic carbocycles. The molecule has 1 aliphatic rings. The van der Waals surface area contributed by atoms with E-state index in [1.165, 1.54) is 18.2 Å². The topological polar surface area (TPSA) is 75.6 Å². The van der Waals surface area contributed by atoms with Gasteiger partial charge in [0.05, 0.1) is 0 Å². The van der Waals surface area contributed by atoms with E-state index in [0.29, 0.717) is 17.9 Å². The number of rotatable bonds is 7. The molecule has 6 heteroatoms. The molecule has 130 valence electrons. The summed E-state index contributed by atoms with van der Waals surface area (Å²) in [6, 6.07) is 12.8. The molecule has 3 rings (SSSR count). The van der Waals surface area contributed by atoms with Crippen molar-refractivity contribution in [2.75, 3.05) is 13.2 Å². The molecule has 0 radical (unpaired) electrons. The summed E-state index contributed by atoms with van der Waals surface area (Å²) in [5, 5.41) is 11.5. The summed E-state index contributed by atoms with van der Waals surface area (Å²) in [5.74, 6) is -1.28. The van der Waals surface area contributed by atoms with E-state index in [0.717, 1.165) is 18.4 Å². The molecule has 1 amide bonds. The zero-order valence-electron chi connectivity index (χ0n) is 13.5. The van der Waals surface area contributed by atoms with Gasteiger partial charge in [-0.2, -0.15) is 0 Å². The van der Waals surface area contributed by atoms with Gasteiger partial charge in [0.25, 0.3) is 5.91 Å². The smallest absolute Gasteiger partial charge is 0.341 e. The van der Waals surface area contributed by atoms with Crippen LogP contribution in [0.5, 0.6) is 5.75 Å². The number of carbonyl (C=O) groups excluding carboxylic acids is 1. The molecule has 1 saturated carbocycles. The number of aliphatic carboxylic acids is 1. The van der Waals surface area contributed by atoms with E-state index in [9.17, 15) is 14.0 Å².